The van der Waals surface area contributed by atoms with Crippen molar-refractivity contribution in [2.45, 2.75) is 0 Å². The van der Waals surface area contributed by atoms with Gasteiger partial charge in [-0.2, -0.15) is 0 Å². The molecule has 6 nitrogen and oxygen atoms in total. The van der Waals surface area contributed by atoms with E-state index in [-0.39, 0.29) is 5.56 Å². The van der Waals surface area contributed by atoms with Crippen molar-refractivity contribution in [1.82, 2.24) is 9.55 Å². The van der Waals surface area contributed by atoms with Gasteiger partial charge in [0.05, 0.1) is 11.9 Å². The third kappa shape index (κ3) is 2.37. The van der Waals surface area contributed by atoms with Crippen LogP contribution in [-0.4, -0.2) is 20.8 Å². The summed E-state index contributed by atoms with van der Waals surface area (Å²) in [7, 11) is 1.65. The molecule has 0 saturated heterocycles. The number of nitrogens with one attached hydrogen (secondary N) is 1. The van der Waals surface area contributed by atoms with Crippen LogP contribution in [0.15, 0.2) is 41.6 Å². The summed E-state index contributed by atoms with van der Waals surface area (Å²) in [6.07, 6.45) is 3.40. The standard InChI is InChI=1S/C12H11N3O3/c1-15-5-3-8(6-11(15)16)9-2-4-13-7-10(9)14-12(17)18/h2-7,14H,1H3,(H,17,18). The van der Waals surface area contributed by atoms with Gasteiger partial charge in [-0.3, -0.25) is 15.1 Å². The zero-order chi connectivity index (χ0) is 13.1. The monoisotopic (exact) mass is 245 g/mol. The van der Waals surface area contributed by atoms with Gasteiger partial charge < -0.3 is 9.67 Å². The molecule has 0 aliphatic heterocycles. The number of anilines is 1. The molecule has 0 fully saturated rings. The lowest BCUT2D eigenvalue weighted by Gasteiger charge is -2.08. The van der Waals surface area contributed by atoms with Crippen LogP contribution in [0.5, 0.6) is 0 Å². The highest BCUT2D eigenvalue weighted by atomic mass is 16.4. The third-order valence-electron chi connectivity index (χ3n) is 2.48. The lowest BCUT2D eigenvalue weighted by Crippen LogP contribution is -2.14. The van der Waals surface area contributed by atoms with Crippen molar-refractivity contribution < 1.29 is 9.90 Å². The molecule has 2 aromatic heterocycles. The van der Waals surface area contributed by atoms with Gasteiger partial charge in [-0.15, -0.1) is 0 Å². The van der Waals surface area contributed by atoms with Crippen LogP contribution in [0.1, 0.15) is 0 Å². The zero-order valence-corrected chi connectivity index (χ0v) is 9.62. The van der Waals surface area contributed by atoms with Gasteiger partial charge in [0, 0.05) is 31.1 Å². The first-order valence-corrected chi connectivity index (χ1v) is 5.19. The van der Waals surface area contributed by atoms with E-state index in [9.17, 15) is 9.59 Å². The second-order valence-electron chi connectivity index (χ2n) is 3.72. The summed E-state index contributed by atoms with van der Waals surface area (Å²) in [6, 6.07) is 4.84. The van der Waals surface area contributed by atoms with Crippen molar-refractivity contribution in [2.24, 2.45) is 7.05 Å². The van der Waals surface area contributed by atoms with Crippen LogP contribution in [0, 0.1) is 0 Å². The van der Waals surface area contributed by atoms with Crippen molar-refractivity contribution in [2.75, 3.05) is 5.32 Å². The summed E-state index contributed by atoms with van der Waals surface area (Å²) in [5.74, 6) is 0. The Kier molecular flexibility index (Phi) is 3.09. The highest BCUT2D eigenvalue weighted by Gasteiger charge is 2.08. The number of carboxylic acid groups (broad SMARTS) is 1. The Morgan fingerprint density at radius 2 is 2.22 bits per heavy atom. The molecule has 2 aromatic rings. The minimum absolute atomic E-state index is 0.161. The maximum absolute atomic E-state index is 11.6. The number of pyridine rings is 2. The van der Waals surface area contributed by atoms with E-state index >= 15 is 0 Å². The van der Waals surface area contributed by atoms with Gasteiger partial charge in [-0.05, 0) is 17.7 Å². The molecule has 2 N–H and O–H groups in total. The molecule has 0 aliphatic carbocycles. The highest BCUT2D eigenvalue weighted by molar-refractivity contribution is 5.89. The van der Waals surface area contributed by atoms with Gasteiger partial charge in [-0.25, -0.2) is 4.79 Å². The summed E-state index contributed by atoms with van der Waals surface area (Å²) in [5, 5.41) is 11.0. The fraction of sp³-hybridized carbons (Fsp3) is 0.0833. The average Bonchev–Trinajstić information content (AvgIpc) is 2.33. The fourth-order valence-electron chi connectivity index (χ4n) is 1.58. The van der Waals surface area contributed by atoms with Gasteiger partial charge >= 0.3 is 6.09 Å². The van der Waals surface area contributed by atoms with Gasteiger partial charge in [0.25, 0.3) is 5.56 Å². The molecule has 2 heterocycles. The number of carbonyl (C=O) groups is 1. The molecule has 0 unspecified atom stereocenters. The van der Waals surface area contributed by atoms with Crippen molar-refractivity contribution in [3.8, 4) is 11.1 Å². The SMILES string of the molecule is Cn1ccc(-c2ccncc2NC(=O)O)cc1=O. The summed E-state index contributed by atoms with van der Waals surface area (Å²) < 4.78 is 1.44. The highest BCUT2D eigenvalue weighted by Crippen LogP contribution is 2.25. The van der Waals surface area contributed by atoms with E-state index in [0.29, 0.717) is 16.8 Å². The largest absolute Gasteiger partial charge is 0.465 e. The minimum atomic E-state index is -1.17. The zero-order valence-electron chi connectivity index (χ0n) is 9.62. The van der Waals surface area contributed by atoms with Gasteiger partial charge in [0.15, 0.2) is 0 Å². The van der Waals surface area contributed by atoms with E-state index in [1.165, 1.54) is 16.8 Å². The molecule has 6 heteroatoms. The number of nitrogens with zero attached hydrogens (tertiary/aromatic N) is 2. The van der Waals surface area contributed by atoms with Gasteiger partial charge in [0.1, 0.15) is 0 Å². The summed E-state index contributed by atoms with van der Waals surface area (Å²) >= 11 is 0. The molecule has 0 bridgehead atoms. The van der Waals surface area contributed by atoms with Gasteiger partial charge in [0.2, 0.25) is 0 Å². The molecule has 0 radical (unpaired) electrons. The van der Waals surface area contributed by atoms with Crippen LogP contribution < -0.4 is 10.9 Å². The van der Waals surface area contributed by atoms with Crippen LogP contribution in [0.4, 0.5) is 10.5 Å². The maximum Gasteiger partial charge on any atom is 0.409 e. The van der Waals surface area contributed by atoms with Crippen LogP contribution in [0.3, 0.4) is 0 Å². The summed E-state index contributed by atoms with van der Waals surface area (Å²) in [4.78, 5) is 26.1. The molecule has 2 rings (SSSR count). The number of amides is 1. The van der Waals surface area contributed by atoms with Crippen LogP contribution in [0.25, 0.3) is 11.1 Å². The Bertz CT molecular complexity index is 649. The number of hydrogen-bond acceptors (Lipinski definition) is 3. The van der Waals surface area contributed by atoms with E-state index in [1.54, 1.807) is 31.6 Å². The van der Waals surface area contributed by atoms with Crippen molar-refractivity contribution >= 4 is 11.8 Å². The number of hydrogen-bond donors (Lipinski definition) is 2. The van der Waals surface area contributed by atoms with Crippen molar-refractivity contribution in [1.29, 1.82) is 0 Å². The Morgan fingerprint density at radius 1 is 1.44 bits per heavy atom. The van der Waals surface area contributed by atoms with E-state index in [2.05, 4.69) is 10.3 Å². The molecule has 18 heavy (non-hydrogen) atoms. The molecule has 0 saturated carbocycles. The molecule has 0 spiro atoms. The number of aromatic nitrogens is 2. The van der Waals surface area contributed by atoms with Crippen LogP contribution in [-0.2, 0) is 7.05 Å². The van der Waals surface area contributed by atoms with E-state index < -0.39 is 6.09 Å². The second-order valence-corrected chi connectivity index (χ2v) is 3.72. The average molecular weight is 245 g/mol. The number of aryl methyl sites for hydroxylation is 1. The minimum Gasteiger partial charge on any atom is -0.465 e. The molecule has 0 atom stereocenters. The maximum atomic E-state index is 11.6. The predicted octanol–water partition coefficient (Wildman–Crippen LogP) is 1.54. The molecule has 0 aliphatic rings. The van der Waals surface area contributed by atoms with E-state index in [0.717, 1.165) is 0 Å². The van der Waals surface area contributed by atoms with Gasteiger partial charge in [-0.1, -0.05) is 0 Å². The third-order valence-corrected chi connectivity index (χ3v) is 2.48. The predicted molar refractivity (Wildman–Crippen MR) is 66.6 cm³/mol. The van der Waals surface area contributed by atoms with E-state index in [1.807, 2.05) is 0 Å². The second kappa shape index (κ2) is 4.70. The summed E-state index contributed by atoms with van der Waals surface area (Å²) in [5.41, 5.74) is 1.44. The first-order chi connectivity index (χ1) is 8.58. The van der Waals surface area contributed by atoms with Crippen molar-refractivity contribution in [3.63, 3.8) is 0 Å². The molecular weight excluding hydrogens is 234 g/mol. The smallest absolute Gasteiger partial charge is 0.409 e. The Balaban J connectivity index is 2.52. The first-order valence-electron chi connectivity index (χ1n) is 5.19. The van der Waals surface area contributed by atoms with Crippen molar-refractivity contribution in [3.05, 3.63) is 47.1 Å². The Hall–Kier alpha value is -2.63. The molecule has 0 aromatic carbocycles. The quantitative estimate of drug-likeness (QED) is 0.840. The lowest BCUT2D eigenvalue weighted by molar-refractivity contribution is 0.210. The summed E-state index contributed by atoms with van der Waals surface area (Å²) in [6.45, 7) is 0. The number of rotatable bonds is 2. The fourth-order valence-corrected chi connectivity index (χ4v) is 1.58. The van der Waals surface area contributed by atoms with E-state index in [4.69, 9.17) is 5.11 Å². The van der Waals surface area contributed by atoms with Crippen LogP contribution >= 0.6 is 0 Å². The molecular formula is C12H11N3O3. The Labute approximate surface area is 103 Å². The lowest BCUT2D eigenvalue weighted by atomic mass is 10.1. The Morgan fingerprint density at radius 3 is 2.89 bits per heavy atom. The normalized spacial score (nSPS) is 10.1. The molecule has 1 amide bonds. The molecule has 92 valence electrons. The first kappa shape index (κ1) is 11.8. The van der Waals surface area contributed by atoms with Crippen LogP contribution in [0.2, 0.25) is 0 Å². The topological polar surface area (TPSA) is 84.2 Å².